The van der Waals surface area contributed by atoms with Crippen molar-refractivity contribution in [2.75, 3.05) is 75.9 Å². The van der Waals surface area contributed by atoms with Crippen LogP contribution in [0.25, 0.3) is 15.9 Å². The third kappa shape index (κ3) is 5.69. The zero-order valence-electron chi connectivity index (χ0n) is 21.5. The summed E-state index contributed by atoms with van der Waals surface area (Å²) in [6.45, 7) is 8.23. The summed E-state index contributed by atoms with van der Waals surface area (Å²) in [7, 11) is 0. The molecule has 0 saturated carbocycles. The van der Waals surface area contributed by atoms with E-state index in [2.05, 4.69) is 30.4 Å². The molecule has 0 bridgehead atoms. The van der Waals surface area contributed by atoms with Crippen molar-refractivity contribution < 1.29 is 19.4 Å². The van der Waals surface area contributed by atoms with E-state index in [1.165, 1.54) is 11.3 Å². The molecule has 2 fully saturated rings. The van der Waals surface area contributed by atoms with E-state index in [1.807, 2.05) is 30.5 Å². The average Bonchev–Trinajstić information content (AvgIpc) is 3.59. The number of rotatable bonds is 8. The van der Waals surface area contributed by atoms with Gasteiger partial charge in [0.2, 0.25) is 5.88 Å². The molecule has 3 aromatic heterocycles. The molecule has 39 heavy (non-hydrogen) atoms. The normalized spacial score (nSPS) is 16.5. The van der Waals surface area contributed by atoms with Crippen LogP contribution >= 0.6 is 11.3 Å². The van der Waals surface area contributed by atoms with Crippen molar-refractivity contribution in [3.8, 4) is 16.8 Å². The summed E-state index contributed by atoms with van der Waals surface area (Å²) in [6.07, 6.45) is 5.20. The van der Waals surface area contributed by atoms with E-state index in [4.69, 9.17) is 9.47 Å². The van der Waals surface area contributed by atoms with Crippen LogP contribution in [0.2, 0.25) is 0 Å². The number of aromatic nitrogens is 3. The predicted octanol–water partition coefficient (Wildman–Crippen LogP) is 2.56. The lowest BCUT2D eigenvalue weighted by Gasteiger charge is -2.30. The fourth-order valence-electron chi connectivity index (χ4n) is 4.86. The molecule has 12 heteroatoms. The van der Waals surface area contributed by atoms with Gasteiger partial charge in [-0.15, -0.1) is 11.3 Å². The Morgan fingerprint density at radius 2 is 2.03 bits per heavy atom. The van der Waals surface area contributed by atoms with Gasteiger partial charge in [-0.25, -0.2) is 4.98 Å². The summed E-state index contributed by atoms with van der Waals surface area (Å²) < 4.78 is 12.9. The third-order valence-corrected chi connectivity index (χ3v) is 7.82. The Balaban J connectivity index is 1.15. The second kappa shape index (κ2) is 11.6. The van der Waals surface area contributed by atoms with Crippen molar-refractivity contribution >= 4 is 39.4 Å². The summed E-state index contributed by atoms with van der Waals surface area (Å²) in [5.41, 5.74) is 1.86. The lowest BCUT2D eigenvalue weighted by Crippen LogP contribution is -2.43. The van der Waals surface area contributed by atoms with Crippen molar-refractivity contribution in [1.82, 2.24) is 24.8 Å². The molecule has 204 valence electrons. The molecular formula is C27H31N7O4S. The number of anilines is 2. The van der Waals surface area contributed by atoms with Gasteiger partial charge in [0.05, 0.1) is 30.8 Å². The van der Waals surface area contributed by atoms with Gasteiger partial charge in [0.15, 0.2) is 5.13 Å². The van der Waals surface area contributed by atoms with E-state index in [0.29, 0.717) is 28.6 Å². The van der Waals surface area contributed by atoms with Gasteiger partial charge in [0, 0.05) is 74.4 Å². The largest absolute Gasteiger partial charge is 0.494 e. The number of nitrogens with zero attached hydrogens (tertiary/aromatic N) is 5. The first-order chi connectivity index (χ1) is 19.2. The molecule has 0 radical (unpaired) electrons. The Hall–Kier alpha value is -3.71. The molecule has 3 N–H and O–H groups in total. The lowest BCUT2D eigenvalue weighted by atomic mass is 10.2. The van der Waals surface area contributed by atoms with Gasteiger partial charge in [-0.3, -0.25) is 19.2 Å². The van der Waals surface area contributed by atoms with Gasteiger partial charge >= 0.3 is 0 Å². The fourth-order valence-corrected chi connectivity index (χ4v) is 5.64. The van der Waals surface area contributed by atoms with Gasteiger partial charge < -0.3 is 30.1 Å². The first kappa shape index (κ1) is 25.6. The second-order valence-corrected chi connectivity index (χ2v) is 10.3. The number of aromatic hydroxyl groups is 1. The number of thiazole rings is 1. The minimum absolute atomic E-state index is 0.0539. The van der Waals surface area contributed by atoms with Crippen molar-refractivity contribution in [2.45, 2.75) is 0 Å². The number of carbonyl (C=O) groups is 1. The first-order valence-corrected chi connectivity index (χ1v) is 14.0. The number of fused-ring (bicyclic) bond motifs is 1. The number of hydrogen-bond donors (Lipinski definition) is 3. The van der Waals surface area contributed by atoms with Crippen LogP contribution in [-0.2, 0) is 4.74 Å². The van der Waals surface area contributed by atoms with Crippen LogP contribution in [0.4, 0.5) is 11.4 Å². The number of piperazine rings is 1. The first-order valence-electron chi connectivity index (χ1n) is 13.1. The maximum atomic E-state index is 13.1. The van der Waals surface area contributed by atoms with E-state index in [9.17, 15) is 9.90 Å². The molecule has 2 saturated heterocycles. The summed E-state index contributed by atoms with van der Waals surface area (Å²) in [5, 5.41) is 21.0. The van der Waals surface area contributed by atoms with Crippen LogP contribution in [0.15, 0.2) is 48.2 Å². The number of carbonyl (C=O) groups excluding carboxylic acids is 1. The molecule has 0 unspecified atom stereocenters. The number of benzene rings is 1. The molecule has 2 aliphatic heterocycles. The number of hydrogen-bond acceptors (Lipinski definition) is 10. The van der Waals surface area contributed by atoms with E-state index in [1.54, 1.807) is 22.3 Å². The number of pyridine rings is 1. The minimum Gasteiger partial charge on any atom is -0.494 e. The highest BCUT2D eigenvalue weighted by Crippen LogP contribution is 2.34. The van der Waals surface area contributed by atoms with Crippen molar-refractivity contribution in [3.05, 3.63) is 53.9 Å². The van der Waals surface area contributed by atoms with Gasteiger partial charge in [-0.05, 0) is 24.3 Å². The van der Waals surface area contributed by atoms with Gasteiger partial charge in [-0.2, -0.15) is 0 Å². The monoisotopic (exact) mass is 549 g/mol. The zero-order chi connectivity index (χ0) is 26.6. The fraction of sp³-hybridized carbons (Fsp3) is 0.370. The molecule has 0 atom stereocenters. The summed E-state index contributed by atoms with van der Waals surface area (Å²) in [5.74, 6) is 0.423. The highest BCUT2D eigenvalue weighted by molar-refractivity contribution is 7.12. The average molecular weight is 550 g/mol. The van der Waals surface area contributed by atoms with Crippen molar-refractivity contribution in [3.63, 3.8) is 0 Å². The summed E-state index contributed by atoms with van der Waals surface area (Å²) in [6, 6.07) is 7.56. The topological polar surface area (TPSA) is 117 Å². The summed E-state index contributed by atoms with van der Waals surface area (Å²) in [4.78, 5) is 26.3. The SMILES string of the molecule is O=C(Nc1cnccc1N1CCNCC1)c1csc(-n2cc3ccc(OCCN4CCOCC4)cc3c2O)n1. The van der Waals surface area contributed by atoms with E-state index >= 15 is 0 Å². The molecule has 6 rings (SSSR count). The van der Waals surface area contributed by atoms with E-state index in [0.717, 1.165) is 70.1 Å². The molecule has 1 aromatic carbocycles. The standard InChI is InChI=1S/C27H31N7O4S/c35-25(30-22-16-29-4-3-24(22)33-7-5-28-6-8-33)23-18-39-27(31-23)34-17-19-1-2-20(15-21(19)26(34)36)38-14-11-32-9-12-37-13-10-32/h1-4,15-18,28,36H,5-14H2,(H,30,35). The Labute approximate surface area is 230 Å². The zero-order valence-corrected chi connectivity index (χ0v) is 22.3. The Morgan fingerprint density at radius 3 is 2.87 bits per heavy atom. The highest BCUT2D eigenvalue weighted by Gasteiger charge is 2.20. The molecule has 11 nitrogen and oxygen atoms in total. The number of morpholine rings is 1. The number of nitrogens with one attached hydrogen (secondary N) is 2. The Morgan fingerprint density at radius 1 is 1.18 bits per heavy atom. The molecule has 4 aromatic rings. The van der Waals surface area contributed by atoms with Crippen LogP contribution in [-0.4, -0.2) is 96.1 Å². The maximum Gasteiger partial charge on any atom is 0.275 e. The van der Waals surface area contributed by atoms with E-state index < -0.39 is 0 Å². The van der Waals surface area contributed by atoms with Gasteiger partial charge in [0.25, 0.3) is 5.91 Å². The maximum absolute atomic E-state index is 13.1. The third-order valence-electron chi connectivity index (χ3n) is 6.98. The van der Waals surface area contributed by atoms with Gasteiger partial charge in [-0.1, -0.05) is 0 Å². The molecule has 0 spiro atoms. The lowest BCUT2D eigenvalue weighted by molar-refractivity contribution is 0.0322. The smallest absolute Gasteiger partial charge is 0.275 e. The highest BCUT2D eigenvalue weighted by atomic mass is 32.1. The minimum atomic E-state index is -0.325. The molecule has 5 heterocycles. The molecule has 2 aliphatic rings. The Kier molecular flexibility index (Phi) is 7.59. The molecule has 1 amide bonds. The second-order valence-electron chi connectivity index (χ2n) is 9.47. The van der Waals surface area contributed by atoms with Crippen molar-refractivity contribution in [2.24, 2.45) is 0 Å². The quantitative estimate of drug-likeness (QED) is 0.305. The number of amides is 1. The van der Waals surface area contributed by atoms with E-state index in [-0.39, 0.29) is 17.5 Å². The van der Waals surface area contributed by atoms with Crippen LogP contribution in [0.3, 0.4) is 0 Å². The van der Waals surface area contributed by atoms with Gasteiger partial charge in [0.1, 0.15) is 18.1 Å². The summed E-state index contributed by atoms with van der Waals surface area (Å²) >= 11 is 1.29. The number of ether oxygens (including phenoxy) is 2. The molecule has 0 aliphatic carbocycles. The van der Waals surface area contributed by atoms with Crippen molar-refractivity contribution in [1.29, 1.82) is 0 Å². The van der Waals surface area contributed by atoms with Crippen LogP contribution < -0.4 is 20.3 Å². The Bertz CT molecular complexity index is 1440. The molecular weight excluding hydrogens is 518 g/mol. The van der Waals surface area contributed by atoms with Crippen LogP contribution in [0, 0.1) is 0 Å². The van der Waals surface area contributed by atoms with Crippen LogP contribution in [0.5, 0.6) is 11.6 Å². The van der Waals surface area contributed by atoms with Crippen LogP contribution in [0.1, 0.15) is 10.5 Å². The predicted molar refractivity (Wildman–Crippen MR) is 151 cm³/mol.